The highest BCUT2D eigenvalue weighted by Gasteiger charge is 2.54. The zero-order valence-electron chi connectivity index (χ0n) is 19.2. The van der Waals surface area contributed by atoms with Crippen molar-refractivity contribution < 1.29 is 29.2 Å². The van der Waals surface area contributed by atoms with Gasteiger partial charge < -0.3 is 20.1 Å². The van der Waals surface area contributed by atoms with Gasteiger partial charge in [0, 0.05) is 12.1 Å². The third-order valence-corrected chi connectivity index (χ3v) is 9.28. The van der Waals surface area contributed by atoms with E-state index in [0.717, 1.165) is 10.8 Å². The van der Waals surface area contributed by atoms with E-state index >= 15 is 0 Å². The predicted octanol–water partition coefficient (Wildman–Crippen LogP) is 3.71. The number of aromatic nitrogens is 1. The van der Waals surface area contributed by atoms with E-state index < -0.39 is 40.2 Å². The molecular weight excluding hydrogens is 540 g/mol. The molecule has 0 aliphatic carbocycles. The number of likely N-dealkylation sites (tertiary alicyclic amines) is 1. The minimum atomic E-state index is -1.27. The molecule has 14 heteroatoms. The molecule has 1 aliphatic heterocycles. The fourth-order valence-corrected chi connectivity index (χ4v) is 7.57. The zero-order chi connectivity index (χ0) is 26.7. The number of nitro groups is 1. The van der Waals surface area contributed by atoms with Crippen molar-refractivity contribution in [2.24, 2.45) is 0 Å². The number of carboxylic acid groups (broad SMARTS) is 1. The summed E-state index contributed by atoms with van der Waals surface area (Å²) in [6.07, 6.45) is 0. The van der Waals surface area contributed by atoms with Gasteiger partial charge in [0.15, 0.2) is 17.0 Å². The molecule has 2 N–H and O–H groups in total. The molecule has 3 unspecified atom stereocenters. The molecule has 11 nitrogen and oxygen atoms in total. The van der Waals surface area contributed by atoms with E-state index in [2.05, 4.69) is 16.9 Å². The summed E-state index contributed by atoms with van der Waals surface area (Å²) in [5.41, 5.74) is 0.789. The van der Waals surface area contributed by atoms with Crippen LogP contribution in [-0.4, -0.2) is 61.8 Å². The Bertz CT molecular complexity index is 1370. The van der Waals surface area contributed by atoms with Crippen molar-refractivity contribution in [3.63, 3.8) is 0 Å². The minimum absolute atomic E-state index is 0.0534. The lowest BCUT2D eigenvalue weighted by atomic mass is 9.99. The molecule has 0 spiro atoms. The number of non-ortho nitro benzene ring substituents is 1. The molecule has 3 aromatic rings. The average molecular weight is 561 g/mol. The van der Waals surface area contributed by atoms with Gasteiger partial charge in [0.1, 0.15) is 17.2 Å². The number of thiazole rings is 1. The number of hydrogen-bond acceptors (Lipinski definition) is 10. The number of para-hydroxylation sites is 1. The van der Waals surface area contributed by atoms with Crippen LogP contribution in [0.4, 0.5) is 5.69 Å². The van der Waals surface area contributed by atoms with Gasteiger partial charge in [0.2, 0.25) is 5.91 Å². The van der Waals surface area contributed by atoms with Crippen LogP contribution in [0.3, 0.4) is 0 Å². The van der Waals surface area contributed by atoms with E-state index in [9.17, 15) is 29.6 Å². The molecule has 1 aliphatic rings. The molecule has 1 saturated heterocycles. The molecular formula is C23H20N4O7S3. The van der Waals surface area contributed by atoms with Gasteiger partial charge in [0.25, 0.3) is 11.6 Å². The van der Waals surface area contributed by atoms with Crippen LogP contribution in [0.1, 0.15) is 6.92 Å². The van der Waals surface area contributed by atoms with Crippen LogP contribution in [0.15, 0.2) is 65.0 Å². The van der Waals surface area contributed by atoms with Crippen molar-refractivity contribution in [1.82, 2.24) is 15.2 Å². The molecule has 3 atom stereocenters. The van der Waals surface area contributed by atoms with Crippen molar-refractivity contribution >= 4 is 66.6 Å². The first kappa shape index (κ1) is 26.4. The Hall–Kier alpha value is -3.62. The summed E-state index contributed by atoms with van der Waals surface area (Å²) < 4.78 is 6.61. The lowest BCUT2D eigenvalue weighted by Crippen LogP contribution is -2.73. The number of carbonyl (C=O) groups excluding carboxylic acids is 2. The predicted molar refractivity (Wildman–Crippen MR) is 140 cm³/mol. The molecule has 37 heavy (non-hydrogen) atoms. The van der Waals surface area contributed by atoms with E-state index in [4.69, 9.17) is 4.74 Å². The third kappa shape index (κ3) is 5.87. The Labute approximate surface area is 222 Å². The number of carbonyl (C=O) groups is 3. The second kappa shape index (κ2) is 11.2. The van der Waals surface area contributed by atoms with Crippen molar-refractivity contribution in [2.45, 2.75) is 28.7 Å². The van der Waals surface area contributed by atoms with E-state index in [1.807, 2.05) is 0 Å². The number of carboxylic acids is 1. The normalized spacial score (nSPS) is 17.6. The van der Waals surface area contributed by atoms with Gasteiger partial charge in [-0.05, 0) is 41.5 Å². The molecule has 192 valence electrons. The minimum Gasteiger partial charge on any atom is -0.484 e. The fourth-order valence-electron chi connectivity index (χ4n) is 3.58. The third-order valence-electron chi connectivity index (χ3n) is 5.27. The van der Waals surface area contributed by atoms with Crippen LogP contribution < -0.4 is 10.1 Å². The van der Waals surface area contributed by atoms with E-state index in [1.165, 1.54) is 46.1 Å². The van der Waals surface area contributed by atoms with Gasteiger partial charge in [-0.25, -0.2) is 9.78 Å². The van der Waals surface area contributed by atoms with Gasteiger partial charge in [-0.3, -0.25) is 19.7 Å². The molecule has 0 saturated carbocycles. The Morgan fingerprint density at radius 2 is 2.05 bits per heavy atom. The van der Waals surface area contributed by atoms with Crippen LogP contribution in [0.25, 0.3) is 10.2 Å². The zero-order valence-corrected chi connectivity index (χ0v) is 21.7. The molecule has 0 radical (unpaired) electrons. The summed E-state index contributed by atoms with van der Waals surface area (Å²) in [7, 11) is 2.34. The number of benzene rings is 2. The quantitative estimate of drug-likeness (QED) is 0.117. The maximum atomic E-state index is 13.0. The number of rotatable bonds is 11. The smallest absolute Gasteiger partial charge is 0.330 e. The van der Waals surface area contributed by atoms with Crippen molar-refractivity contribution in [1.29, 1.82) is 0 Å². The van der Waals surface area contributed by atoms with Gasteiger partial charge in [-0.2, -0.15) is 0 Å². The van der Waals surface area contributed by atoms with Crippen LogP contribution in [-0.2, 0) is 14.4 Å². The number of amides is 2. The summed E-state index contributed by atoms with van der Waals surface area (Å²) >= 11 is 1.23. The van der Waals surface area contributed by atoms with Crippen LogP contribution in [0, 0.1) is 10.1 Å². The number of nitrogens with zero attached hydrogens (tertiary/aromatic N) is 3. The summed E-state index contributed by atoms with van der Waals surface area (Å²) in [4.78, 5) is 53.5. The fraction of sp³-hybridized carbons (Fsp3) is 0.217. The largest absolute Gasteiger partial charge is 0.484 e. The summed E-state index contributed by atoms with van der Waals surface area (Å²) in [6, 6.07) is 10.8. The molecule has 1 fully saturated rings. The summed E-state index contributed by atoms with van der Waals surface area (Å²) in [5, 5.41) is 22.6. The molecule has 2 amide bonds. The topological polar surface area (TPSA) is 152 Å². The molecule has 2 heterocycles. The average Bonchev–Trinajstić information content (AvgIpc) is 3.28. The lowest BCUT2D eigenvalue weighted by molar-refractivity contribution is -0.384. The van der Waals surface area contributed by atoms with Crippen LogP contribution in [0.5, 0.6) is 5.75 Å². The van der Waals surface area contributed by atoms with Crippen LogP contribution >= 0.6 is 32.9 Å². The lowest BCUT2D eigenvalue weighted by Gasteiger charge is -2.48. The number of nitrogens with one attached hydrogen (secondary N) is 1. The van der Waals surface area contributed by atoms with Crippen molar-refractivity contribution in [2.75, 3.05) is 6.61 Å². The van der Waals surface area contributed by atoms with Crippen LogP contribution in [0.2, 0.25) is 0 Å². The number of nitro benzene ring substituents is 1. The van der Waals surface area contributed by atoms with Gasteiger partial charge in [-0.15, -0.1) is 11.3 Å². The number of ether oxygens (including phenoxy) is 1. The Morgan fingerprint density at radius 1 is 1.32 bits per heavy atom. The molecule has 4 rings (SSSR count). The first-order valence-corrected chi connectivity index (χ1v) is 13.7. The monoisotopic (exact) mass is 560 g/mol. The van der Waals surface area contributed by atoms with Crippen molar-refractivity contribution in [3.05, 3.63) is 70.8 Å². The highest BCUT2D eigenvalue weighted by atomic mass is 33.1. The van der Waals surface area contributed by atoms with E-state index in [0.29, 0.717) is 20.3 Å². The standard InChI is InChI=1S/C23H20N4O7S3/c1-12(2)19(22(30)31)26-20(29)18(25-17(28)11-34-14-6-4-3-5-7-14)21(26)36-37-23-24-15-9-8-13(27(32)33)10-16(15)35-23/h3-10,18-19,21H,1,11H2,2H3,(H,25,28)(H,30,31). The number of fused-ring (bicyclic) bond motifs is 1. The second-order valence-electron chi connectivity index (χ2n) is 7.94. The first-order valence-electron chi connectivity index (χ1n) is 10.7. The molecule has 2 aromatic carbocycles. The first-order chi connectivity index (χ1) is 17.7. The summed E-state index contributed by atoms with van der Waals surface area (Å²) in [6.45, 7) is 4.90. The van der Waals surface area contributed by atoms with Gasteiger partial charge in [-0.1, -0.05) is 35.6 Å². The van der Waals surface area contributed by atoms with Gasteiger partial charge in [0.05, 0.1) is 15.1 Å². The number of aliphatic carboxylic acids is 1. The maximum absolute atomic E-state index is 13.0. The highest BCUT2D eigenvalue weighted by Crippen LogP contribution is 2.45. The molecule has 1 aromatic heterocycles. The second-order valence-corrected chi connectivity index (χ2v) is 11.5. The maximum Gasteiger partial charge on any atom is 0.330 e. The number of hydrogen-bond donors (Lipinski definition) is 2. The Kier molecular flexibility index (Phi) is 8.00. The number of β-lactam (4-membered cyclic amide) rings is 1. The Morgan fingerprint density at radius 3 is 2.70 bits per heavy atom. The van der Waals surface area contributed by atoms with Gasteiger partial charge >= 0.3 is 5.97 Å². The van der Waals surface area contributed by atoms with Crippen molar-refractivity contribution in [3.8, 4) is 5.75 Å². The Balaban J connectivity index is 1.49. The van der Waals surface area contributed by atoms with E-state index in [1.54, 1.807) is 36.4 Å². The summed E-state index contributed by atoms with van der Waals surface area (Å²) in [5.74, 6) is -1.83. The molecule has 0 bridgehead atoms. The highest BCUT2D eigenvalue weighted by molar-refractivity contribution is 8.77. The van der Waals surface area contributed by atoms with E-state index in [-0.39, 0.29) is 17.9 Å². The SMILES string of the molecule is C=C(C)C(C(=O)O)N1C(=O)C(NC(=O)COc2ccccc2)C1SSc1nc2ccc([N+](=O)[O-])cc2s1.